The third kappa shape index (κ3) is 2.21. The van der Waals surface area contributed by atoms with Crippen molar-refractivity contribution in [1.29, 1.82) is 5.26 Å². The summed E-state index contributed by atoms with van der Waals surface area (Å²) in [6.07, 6.45) is 0. The SMILES string of the molecule is N#Cc1cc(-c2cc(F)c(O)c(F)c2)cc2ccc(O)cc12. The molecule has 108 valence electrons. The summed E-state index contributed by atoms with van der Waals surface area (Å²) in [7, 11) is 0. The van der Waals surface area contributed by atoms with Gasteiger partial charge in [0, 0.05) is 5.39 Å². The Morgan fingerprint density at radius 2 is 1.50 bits per heavy atom. The van der Waals surface area contributed by atoms with Crippen LogP contribution in [0.25, 0.3) is 21.9 Å². The number of nitriles is 1. The van der Waals surface area contributed by atoms with E-state index >= 15 is 0 Å². The van der Waals surface area contributed by atoms with Crippen molar-refractivity contribution in [3.05, 3.63) is 59.7 Å². The van der Waals surface area contributed by atoms with Crippen molar-refractivity contribution in [2.45, 2.75) is 0 Å². The van der Waals surface area contributed by atoms with Crippen molar-refractivity contribution in [2.24, 2.45) is 0 Å². The number of phenolic OH excluding ortho intramolecular Hbond substituents is 2. The van der Waals surface area contributed by atoms with Crippen LogP contribution in [-0.4, -0.2) is 10.2 Å². The summed E-state index contributed by atoms with van der Waals surface area (Å²) in [5, 5.41) is 29.1. The van der Waals surface area contributed by atoms with Gasteiger partial charge in [0.2, 0.25) is 0 Å². The fourth-order valence-corrected chi connectivity index (χ4v) is 2.34. The summed E-state index contributed by atoms with van der Waals surface area (Å²) in [5.74, 6) is -3.15. The van der Waals surface area contributed by atoms with Gasteiger partial charge in [-0.25, -0.2) is 8.78 Å². The smallest absolute Gasteiger partial charge is 0.187 e. The molecule has 3 nitrogen and oxygen atoms in total. The van der Waals surface area contributed by atoms with Crippen molar-refractivity contribution >= 4 is 10.8 Å². The second-order valence-electron chi connectivity index (χ2n) is 4.83. The molecule has 0 radical (unpaired) electrons. The molecule has 0 aliphatic carbocycles. The highest BCUT2D eigenvalue weighted by Crippen LogP contribution is 2.32. The maximum Gasteiger partial charge on any atom is 0.187 e. The average Bonchev–Trinajstić information content (AvgIpc) is 2.51. The van der Waals surface area contributed by atoms with Gasteiger partial charge in [0.1, 0.15) is 5.75 Å². The number of nitrogens with zero attached hydrogens (tertiary/aromatic N) is 1. The predicted molar refractivity (Wildman–Crippen MR) is 77.3 cm³/mol. The van der Waals surface area contributed by atoms with E-state index in [1.807, 2.05) is 6.07 Å². The van der Waals surface area contributed by atoms with Crippen molar-refractivity contribution in [2.75, 3.05) is 0 Å². The molecule has 2 N–H and O–H groups in total. The van der Waals surface area contributed by atoms with E-state index in [9.17, 15) is 19.1 Å². The van der Waals surface area contributed by atoms with Crippen LogP contribution in [0.3, 0.4) is 0 Å². The lowest BCUT2D eigenvalue weighted by molar-refractivity contribution is 0.396. The van der Waals surface area contributed by atoms with Gasteiger partial charge in [-0.05, 0) is 52.9 Å². The molecule has 22 heavy (non-hydrogen) atoms. The van der Waals surface area contributed by atoms with Crippen molar-refractivity contribution in [1.82, 2.24) is 0 Å². The highest BCUT2D eigenvalue weighted by molar-refractivity contribution is 5.93. The summed E-state index contributed by atoms with van der Waals surface area (Å²) in [6, 6.07) is 11.7. The lowest BCUT2D eigenvalue weighted by Gasteiger charge is -2.08. The highest BCUT2D eigenvalue weighted by Gasteiger charge is 2.13. The molecule has 5 heteroatoms. The van der Waals surface area contributed by atoms with Gasteiger partial charge in [-0.15, -0.1) is 0 Å². The van der Waals surface area contributed by atoms with Crippen LogP contribution >= 0.6 is 0 Å². The van der Waals surface area contributed by atoms with Crippen LogP contribution in [0, 0.1) is 23.0 Å². The summed E-state index contributed by atoms with van der Waals surface area (Å²) >= 11 is 0. The first-order valence-corrected chi connectivity index (χ1v) is 6.35. The zero-order valence-electron chi connectivity index (χ0n) is 11.1. The molecule has 0 saturated heterocycles. The first-order chi connectivity index (χ1) is 10.5. The number of phenols is 2. The molecule has 0 aliphatic heterocycles. The van der Waals surface area contributed by atoms with Gasteiger partial charge in [-0.2, -0.15) is 5.26 Å². The van der Waals surface area contributed by atoms with Crippen molar-refractivity contribution in [3.8, 4) is 28.7 Å². The number of hydrogen-bond acceptors (Lipinski definition) is 3. The second-order valence-corrected chi connectivity index (χ2v) is 4.83. The first-order valence-electron chi connectivity index (χ1n) is 6.35. The molecule has 3 rings (SSSR count). The van der Waals surface area contributed by atoms with Crippen molar-refractivity contribution in [3.63, 3.8) is 0 Å². The van der Waals surface area contributed by atoms with E-state index in [-0.39, 0.29) is 16.9 Å². The van der Waals surface area contributed by atoms with Crippen LogP contribution in [0.2, 0.25) is 0 Å². The molecule has 3 aromatic rings. The van der Waals surface area contributed by atoms with Gasteiger partial charge < -0.3 is 10.2 Å². The minimum absolute atomic E-state index is 0.0264. The molecule has 0 heterocycles. The van der Waals surface area contributed by atoms with Gasteiger partial charge in [0.05, 0.1) is 11.6 Å². The van der Waals surface area contributed by atoms with Crippen LogP contribution in [0.5, 0.6) is 11.5 Å². The minimum Gasteiger partial charge on any atom is -0.508 e. The quantitative estimate of drug-likeness (QED) is 0.711. The average molecular weight is 297 g/mol. The fourth-order valence-electron chi connectivity index (χ4n) is 2.34. The molecule has 0 fully saturated rings. The van der Waals surface area contributed by atoms with Crippen LogP contribution in [-0.2, 0) is 0 Å². The van der Waals surface area contributed by atoms with Crippen LogP contribution in [0.1, 0.15) is 5.56 Å². The number of hydrogen-bond donors (Lipinski definition) is 2. The Morgan fingerprint density at radius 3 is 2.14 bits per heavy atom. The predicted octanol–water partition coefficient (Wildman–Crippen LogP) is 4.07. The Balaban J connectivity index is 2.29. The maximum atomic E-state index is 13.5. The lowest BCUT2D eigenvalue weighted by atomic mass is 9.97. The van der Waals surface area contributed by atoms with E-state index in [1.54, 1.807) is 12.1 Å². The molecular weight excluding hydrogens is 288 g/mol. The molecule has 0 aliphatic rings. The molecule has 0 spiro atoms. The molecule has 3 aromatic carbocycles. The normalized spacial score (nSPS) is 10.6. The third-order valence-corrected chi connectivity index (χ3v) is 3.41. The van der Waals surface area contributed by atoms with E-state index in [0.717, 1.165) is 12.1 Å². The largest absolute Gasteiger partial charge is 0.508 e. The van der Waals surface area contributed by atoms with E-state index in [1.165, 1.54) is 18.2 Å². The number of benzene rings is 3. The summed E-state index contributed by atoms with van der Waals surface area (Å²) in [4.78, 5) is 0. The van der Waals surface area contributed by atoms with Gasteiger partial charge in [-0.1, -0.05) is 6.07 Å². The van der Waals surface area contributed by atoms with Gasteiger partial charge in [0.25, 0.3) is 0 Å². The number of rotatable bonds is 1. The first kappa shape index (κ1) is 13.8. The fraction of sp³-hybridized carbons (Fsp3) is 0. The zero-order valence-corrected chi connectivity index (χ0v) is 11.1. The van der Waals surface area contributed by atoms with E-state index < -0.39 is 17.4 Å². The lowest BCUT2D eigenvalue weighted by Crippen LogP contribution is -1.89. The van der Waals surface area contributed by atoms with E-state index in [4.69, 9.17) is 5.11 Å². The number of aromatic hydroxyl groups is 2. The molecule has 0 saturated carbocycles. The standard InChI is InChI=1S/C17H9F2NO2/c18-15-5-11(6-16(19)17(15)22)10-3-9-1-2-13(21)7-14(9)12(4-10)8-20/h1-7,21-22H. The molecule has 0 atom stereocenters. The highest BCUT2D eigenvalue weighted by atomic mass is 19.1. The maximum absolute atomic E-state index is 13.5. The minimum atomic E-state index is -1.07. The Labute approximate surface area is 124 Å². The van der Waals surface area contributed by atoms with Crippen molar-refractivity contribution < 1.29 is 19.0 Å². The molecule has 0 unspecified atom stereocenters. The van der Waals surface area contributed by atoms with Gasteiger partial charge in [-0.3, -0.25) is 0 Å². The summed E-state index contributed by atoms with van der Waals surface area (Å²) in [5.41, 5.74) is 0.920. The zero-order chi connectivity index (χ0) is 15.9. The Morgan fingerprint density at radius 1 is 0.864 bits per heavy atom. The Bertz CT molecular complexity index is 922. The monoisotopic (exact) mass is 297 g/mol. The molecular formula is C17H9F2NO2. The topological polar surface area (TPSA) is 64.2 Å². The van der Waals surface area contributed by atoms with Crippen LogP contribution in [0.15, 0.2) is 42.5 Å². The van der Waals surface area contributed by atoms with Gasteiger partial charge in [0.15, 0.2) is 17.4 Å². The van der Waals surface area contributed by atoms with E-state index in [2.05, 4.69) is 0 Å². The number of halogens is 2. The summed E-state index contributed by atoms with van der Waals surface area (Å²) in [6.45, 7) is 0. The number of fused-ring (bicyclic) bond motifs is 1. The Hall–Kier alpha value is -3.13. The Kier molecular flexibility index (Phi) is 3.15. The van der Waals surface area contributed by atoms with Crippen LogP contribution < -0.4 is 0 Å². The second kappa shape index (κ2) is 5.01. The van der Waals surface area contributed by atoms with Gasteiger partial charge >= 0.3 is 0 Å². The molecule has 0 bridgehead atoms. The third-order valence-electron chi connectivity index (χ3n) is 3.41. The summed E-state index contributed by atoms with van der Waals surface area (Å²) < 4.78 is 27.0. The van der Waals surface area contributed by atoms with E-state index in [0.29, 0.717) is 16.3 Å². The molecule has 0 aromatic heterocycles. The van der Waals surface area contributed by atoms with Crippen LogP contribution in [0.4, 0.5) is 8.78 Å². The molecule has 0 amide bonds.